The van der Waals surface area contributed by atoms with Crippen LogP contribution in [-0.4, -0.2) is 31.3 Å². The molecule has 0 saturated heterocycles. The van der Waals surface area contributed by atoms with E-state index >= 15 is 0 Å². The van der Waals surface area contributed by atoms with Crippen molar-refractivity contribution in [1.82, 2.24) is 10.3 Å². The van der Waals surface area contributed by atoms with E-state index < -0.39 is 0 Å². The number of ether oxygens (including phenoxy) is 1. The van der Waals surface area contributed by atoms with Gasteiger partial charge in [0, 0.05) is 18.8 Å². The number of hydrogen-bond acceptors (Lipinski definition) is 4. The van der Waals surface area contributed by atoms with Crippen LogP contribution in [0, 0.1) is 0 Å². The van der Waals surface area contributed by atoms with E-state index in [1.54, 1.807) is 6.20 Å². The molecule has 0 spiro atoms. The van der Waals surface area contributed by atoms with E-state index in [-0.39, 0.29) is 0 Å². The minimum Gasteiger partial charge on any atom is -0.384 e. The van der Waals surface area contributed by atoms with Gasteiger partial charge in [-0.15, -0.1) is 0 Å². The van der Waals surface area contributed by atoms with Crippen molar-refractivity contribution in [3.05, 3.63) is 23.9 Å². The number of nitrogens with one attached hydrogen (secondary N) is 1. The Labute approximate surface area is 90.8 Å². The van der Waals surface area contributed by atoms with E-state index in [1.165, 1.54) is 5.56 Å². The minimum atomic E-state index is 0.326. The Kier molecular flexibility index (Phi) is 5.07. The lowest BCUT2D eigenvalue weighted by atomic mass is 10.1. The average Bonchev–Trinajstić information content (AvgIpc) is 2.24. The maximum absolute atomic E-state index is 5.61. The fraction of sp³-hybridized carbons (Fsp3) is 0.545. The molecule has 1 atom stereocenters. The molecule has 0 amide bonds. The maximum atomic E-state index is 5.61. The third-order valence-electron chi connectivity index (χ3n) is 2.26. The number of rotatable bonds is 6. The first kappa shape index (κ1) is 11.9. The van der Waals surface area contributed by atoms with Crippen molar-refractivity contribution in [3.8, 4) is 0 Å². The van der Waals surface area contributed by atoms with Gasteiger partial charge in [-0.3, -0.25) is 0 Å². The molecule has 4 nitrogen and oxygen atoms in total. The van der Waals surface area contributed by atoms with Gasteiger partial charge >= 0.3 is 0 Å². The Morgan fingerprint density at radius 1 is 1.60 bits per heavy atom. The summed E-state index contributed by atoms with van der Waals surface area (Å²) in [5.74, 6) is 0.568. The van der Waals surface area contributed by atoms with Crippen LogP contribution >= 0.6 is 0 Å². The van der Waals surface area contributed by atoms with Crippen molar-refractivity contribution >= 4 is 5.82 Å². The van der Waals surface area contributed by atoms with Gasteiger partial charge < -0.3 is 15.8 Å². The molecule has 0 aliphatic carbocycles. The molecule has 1 rings (SSSR count). The molecule has 0 aliphatic rings. The molecule has 0 radical (unpaired) electrons. The lowest BCUT2D eigenvalue weighted by Gasteiger charge is -2.15. The summed E-state index contributed by atoms with van der Waals surface area (Å²) in [4.78, 5) is 3.96. The van der Waals surface area contributed by atoms with Crippen molar-refractivity contribution in [1.29, 1.82) is 0 Å². The largest absolute Gasteiger partial charge is 0.384 e. The fourth-order valence-electron chi connectivity index (χ4n) is 1.41. The minimum absolute atomic E-state index is 0.326. The Bertz CT molecular complexity index is 291. The number of nitrogen functional groups attached to an aromatic ring is 1. The summed E-state index contributed by atoms with van der Waals surface area (Å²) in [6.07, 6.45) is 2.64. The van der Waals surface area contributed by atoms with Crippen LogP contribution in [0.5, 0.6) is 0 Å². The molecule has 15 heavy (non-hydrogen) atoms. The molecule has 1 unspecified atom stereocenters. The fourth-order valence-corrected chi connectivity index (χ4v) is 1.41. The molecule has 1 aromatic rings. The zero-order valence-electron chi connectivity index (χ0n) is 9.36. The van der Waals surface area contributed by atoms with Gasteiger partial charge in [-0.05, 0) is 38.1 Å². The van der Waals surface area contributed by atoms with Gasteiger partial charge in [0.05, 0.1) is 6.61 Å². The first-order valence-corrected chi connectivity index (χ1v) is 5.21. The average molecular weight is 209 g/mol. The highest BCUT2D eigenvalue weighted by atomic mass is 16.5. The third-order valence-corrected chi connectivity index (χ3v) is 2.26. The van der Waals surface area contributed by atoms with Crippen molar-refractivity contribution in [2.45, 2.75) is 19.4 Å². The number of pyridine rings is 1. The van der Waals surface area contributed by atoms with Crippen LogP contribution in [0.1, 0.15) is 12.5 Å². The number of hydrogen-bond donors (Lipinski definition) is 2. The van der Waals surface area contributed by atoms with Gasteiger partial charge in [-0.25, -0.2) is 4.98 Å². The Morgan fingerprint density at radius 2 is 2.40 bits per heavy atom. The maximum Gasteiger partial charge on any atom is 0.123 e. The Morgan fingerprint density at radius 3 is 3.00 bits per heavy atom. The summed E-state index contributed by atoms with van der Waals surface area (Å²) in [6, 6.07) is 4.20. The van der Waals surface area contributed by atoms with Crippen LogP contribution in [0.4, 0.5) is 5.82 Å². The van der Waals surface area contributed by atoms with Crippen LogP contribution in [-0.2, 0) is 11.2 Å². The molecule has 1 heterocycles. The lowest BCUT2D eigenvalue weighted by Crippen LogP contribution is -2.32. The van der Waals surface area contributed by atoms with Crippen LogP contribution in [0.3, 0.4) is 0 Å². The molecule has 0 saturated carbocycles. The highest BCUT2D eigenvalue weighted by molar-refractivity contribution is 5.32. The van der Waals surface area contributed by atoms with Crippen LogP contribution in [0.15, 0.2) is 18.3 Å². The third kappa shape index (κ3) is 4.27. The summed E-state index contributed by atoms with van der Waals surface area (Å²) in [7, 11) is 1.94. The van der Waals surface area contributed by atoms with E-state index in [1.807, 2.05) is 26.1 Å². The summed E-state index contributed by atoms with van der Waals surface area (Å²) in [5.41, 5.74) is 6.80. The summed E-state index contributed by atoms with van der Waals surface area (Å²) in [6.45, 7) is 3.46. The highest BCUT2D eigenvalue weighted by Gasteiger charge is 2.07. The van der Waals surface area contributed by atoms with E-state index in [0.717, 1.165) is 19.6 Å². The van der Waals surface area contributed by atoms with E-state index in [2.05, 4.69) is 10.3 Å². The second kappa shape index (κ2) is 6.37. The van der Waals surface area contributed by atoms with Gasteiger partial charge in [0.15, 0.2) is 0 Å². The topological polar surface area (TPSA) is 60.2 Å². The SMILES string of the molecule is CCOCC(Cc1ccnc(N)c1)NC. The number of anilines is 1. The molecular formula is C11H19N3O. The van der Waals surface area contributed by atoms with Crippen molar-refractivity contribution in [2.75, 3.05) is 26.0 Å². The molecular weight excluding hydrogens is 190 g/mol. The summed E-state index contributed by atoms with van der Waals surface area (Å²) >= 11 is 0. The smallest absolute Gasteiger partial charge is 0.123 e. The molecule has 4 heteroatoms. The number of nitrogens with two attached hydrogens (primary N) is 1. The van der Waals surface area contributed by atoms with E-state index in [4.69, 9.17) is 10.5 Å². The monoisotopic (exact) mass is 209 g/mol. The van der Waals surface area contributed by atoms with Crippen molar-refractivity contribution in [2.24, 2.45) is 0 Å². The Hall–Kier alpha value is -1.13. The van der Waals surface area contributed by atoms with E-state index in [9.17, 15) is 0 Å². The number of nitrogens with zero attached hydrogens (tertiary/aromatic N) is 1. The van der Waals surface area contributed by atoms with Crippen LogP contribution in [0.25, 0.3) is 0 Å². The van der Waals surface area contributed by atoms with Gasteiger partial charge in [0.1, 0.15) is 5.82 Å². The molecule has 0 aliphatic heterocycles. The second-order valence-corrected chi connectivity index (χ2v) is 3.44. The van der Waals surface area contributed by atoms with Gasteiger partial charge in [-0.1, -0.05) is 0 Å². The van der Waals surface area contributed by atoms with Crippen molar-refractivity contribution < 1.29 is 4.74 Å². The molecule has 84 valence electrons. The molecule has 0 fully saturated rings. The van der Waals surface area contributed by atoms with E-state index in [0.29, 0.717) is 11.9 Å². The second-order valence-electron chi connectivity index (χ2n) is 3.44. The standard InChI is InChI=1S/C11H19N3O/c1-3-15-8-10(13-2)6-9-4-5-14-11(12)7-9/h4-5,7,10,13H,3,6,8H2,1-2H3,(H2,12,14). The van der Waals surface area contributed by atoms with Crippen LogP contribution < -0.4 is 11.1 Å². The van der Waals surface area contributed by atoms with Gasteiger partial charge in [-0.2, -0.15) is 0 Å². The Balaban J connectivity index is 2.50. The molecule has 0 bridgehead atoms. The number of aromatic nitrogens is 1. The quantitative estimate of drug-likeness (QED) is 0.728. The number of likely N-dealkylation sites (N-methyl/N-ethyl adjacent to an activating group) is 1. The normalized spacial score (nSPS) is 12.7. The van der Waals surface area contributed by atoms with Crippen LogP contribution in [0.2, 0.25) is 0 Å². The molecule has 0 aromatic carbocycles. The van der Waals surface area contributed by atoms with Crippen molar-refractivity contribution in [3.63, 3.8) is 0 Å². The van der Waals surface area contributed by atoms with Gasteiger partial charge in [0.25, 0.3) is 0 Å². The lowest BCUT2D eigenvalue weighted by molar-refractivity contribution is 0.125. The molecule has 3 N–H and O–H groups in total. The predicted octanol–water partition coefficient (Wildman–Crippen LogP) is 0.831. The zero-order chi connectivity index (χ0) is 11.1. The predicted molar refractivity (Wildman–Crippen MR) is 61.7 cm³/mol. The first-order chi connectivity index (χ1) is 7.26. The zero-order valence-corrected chi connectivity index (χ0v) is 9.36. The molecule has 1 aromatic heterocycles. The summed E-state index contributed by atoms with van der Waals surface area (Å²) in [5, 5.41) is 3.22. The summed E-state index contributed by atoms with van der Waals surface area (Å²) < 4.78 is 5.38. The van der Waals surface area contributed by atoms with Gasteiger partial charge in [0.2, 0.25) is 0 Å². The highest BCUT2D eigenvalue weighted by Crippen LogP contribution is 2.06. The first-order valence-electron chi connectivity index (χ1n) is 5.21.